The van der Waals surface area contributed by atoms with Crippen LogP contribution >= 0.6 is 0 Å². The van der Waals surface area contributed by atoms with E-state index in [1.807, 2.05) is 45.0 Å². The SMILES string of the molecule is [2H]C([2H])([2H])c1c[c-]c(-c2ccc(C([2H])([2H])C(C)(C)C)cn2)cc1.[2H]C([2H])([2H])c1cnc(-c2[c-]cc3c4c2oc2c5ccccc5cc(c24)CC3)cc1C([2H])([2H])[2H].[Ir]. The zero-order chi connectivity index (χ0) is 40.6. The first-order valence-electron chi connectivity index (χ1n) is 20.4. The van der Waals surface area contributed by atoms with Crippen molar-refractivity contribution in [2.24, 2.45) is 5.41 Å². The van der Waals surface area contributed by atoms with Crippen LogP contribution in [0.4, 0.5) is 0 Å². The summed E-state index contributed by atoms with van der Waals surface area (Å²) < 4.78 is 91.9. The van der Waals surface area contributed by atoms with Crippen LogP contribution in [0.5, 0.6) is 0 Å². The van der Waals surface area contributed by atoms with Crippen LogP contribution in [-0.2, 0) is 39.3 Å². The minimum absolute atomic E-state index is 0. The van der Waals surface area contributed by atoms with Gasteiger partial charge in [0.05, 0.1) is 5.58 Å². The second kappa shape index (κ2) is 12.6. The smallest absolute Gasteiger partial charge is 0.129 e. The largest absolute Gasteiger partial charge is 0.500 e. The Balaban J connectivity index is 0.000000203. The van der Waals surface area contributed by atoms with Crippen molar-refractivity contribution in [2.45, 2.75) is 60.5 Å². The quantitative estimate of drug-likeness (QED) is 0.167. The van der Waals surface area contributed by atoms with Gasteiger partial charge in [-0.15, -0.1) is 53.1 Å². The normalized spacial score (nSPS) is 17.0. The predicted molar refractivity (Wildman–Crippen MR) is 187 cm³/mol. The summed E-state index contributed by atoms with van der Waals surface area (Å²) in [5, 5.41) is 4.20. The van der Waals surface area contributed by atoms with E-state index in [-0.39, 0.29) is 36.8 Å². The molecule has 0 fully saturated rings. The summed E-state index contributed by atoms with van der Waals surface area (Å²) >= 11 is 0. The van der Waals surface area contributed by atoms with Crippen molar-refractivity contribution in [2.75, 3.05) is 0 Å². The Morgan fingerprint density at radius 1 is 0.804 bits per heavy atom. The fourth-order valence-electron chi connectivity index (χ4n) is 5.89. The molecule has 4 heteroatoms. The zero-order valence-electron chi connectivity index (χ0n) is 36.6. The van der Waals surface area contributed by atoms with Crippen molar-refractivity contribution in [1.29, 1.82) is 0 Å². The van der Waals surface area contributed by atoms with Crippen LogP contribution in [0.3, 0.4) is 0 Å². The van der Waals surface area contributed by atoms with E-state index in [0.29, 0.717) is 33.7 Å². The maximum Gasteiger partial charge on any atom is 0.129 e. The molecule has 4 aromatic carbocycles. The van der Waals surface area contributed by atoms with Crippen molar-refractivity contribution in [3.63, 3.8) is 0 Å². The van der Waals surface area contributed by atoms with E-state index in [9.17, 15) is 0 Å². The fourth-order valence-corrected chi connectivity index (χ4v) is 5.89. The molecule has 0 amide bonds. The number of aromatic nitrogens is 2. The summed E-state index contributed by atoms with van der Waals surface area (Å²) in [7, 11) is 0. The van der Waals surface area contributed by atoms with E-state index in [1.165, 1.54) is 23.9 Å². The van der Waals surface area contributed by atoms with Gasteiger partial charge < -0.3 is 14.4 Å². The molecule has 1 aliphatic carbocycles. The molecule has 0 saturated carbocycles. The van der Waals surface area contributed by atoms with Gasteiger partial charge in [-0.1, -0.05) is 99.1 Å². The predicted octanol–water partition coefficient (Wildman–Crippen LogP) is 10.8. The van der Waals surface area contributed by atoms with E-state index < -0.39 is 32.3 Å². The molecule has 7 aromatic rings. The van der Waals surface area contributed by atoms with E-state index in [2.05, 4.69) is 34.2 Å². The zero-order valence-corrected chi connectivity index (χ0v) is 28.0. The first-order valence-corrected chi connectivity index (χ1v) is 14.9. The standard InChI is InChI=1S/C25H18NO.C17H20N.Ir/c1-14-11-21(26-13-15(14)2)20-10-9-16-7-8-18-12-17-5-3-4-6-19(17)24-23(18)22(16)25(20)27-24;1-13-5-8-15(9-6-13)16-10-7-14(12-18-16)11-17(2,3)4;/h3-6,9,11-13H,7-8H2,1-2H3;5-8,10,12H,11H2,1-4H3;/q2*-1;/i1D3,2D3;1D3,11D2;. The van der Waals surface area contributed by atoms with E-state index >= 15 is 0 Å². The van der Waals surface area contributed by atoms with Gasteiger partial charge in [0.1, 0.15) is 5.58 Å². The Kier molecular flexibility index (Phi) is 5.72. The topological polar surface area (TPSA) is 38.9 Å². The van der Waals surface area contributed by atoms with Gasteiger partial charge in [0, 0.05) is 58.3 Å². The number of hydrogen-bond acceptors (Lipinski definition) is 3. The molecule has 46 heavy (non-hydrogen) atoms. The van der Waals surface area contributed by atoms with Gasteiger partial charge in [0.15, 0.2) is 0 Å². The summed E-state index contributed by atoms with van der Waals surface area (Å²) in [5.74, 6) is 0. The van der Waals surface area contributed by atoms with E-state index in [4.69, 9.17) is 19.5 Å². The third-order valence-electron chi connectivity index (χ3n) is 7.90. The summed E-state index contributed by atoms with van der Waals surface area (Å²) in [4.78, 5) is 8.65. The molecule has 0 atom stereocenters. The third kappa shape index (κ3) is 6.17. The third-order valence-corrected chi connectivity index (χ3v) is 7.90. The minimum atomic E-state index is -2.59. The van der Waals surface area contributed by atoms with Crippen molar-refractivity contribution >= 4 is 32.7 Å². The van der Waals surface area contributed by atoms with Crippen LogP contribution in [0.15, 0.2) is 89.6 Å². The van der Waals surface area contributed by atoms with Crippen LogP contribution in [0.1, 0.15) is 69.2 Å². The number of rotatable bonds is 3. The molecule has 3 aromatic heterocycles. The van der Waals surface area contributed by atoms with Crippen LogP contribution in [0, 0.1) is 38.1 Å². The molecule has 3 heterocycles. The van der Waals surface area contributed by atoms with Crippen molar-refractivity contribution in [3.05, 3.63) is 131 Å². The second-order valence-corrected chi connectivity index (χ2v) is 12.4. The first-order chi connectivity index (χ1) is 26.1. The average molecular weight is 790 g/mol. The van der Waals surface area contributed by atoms with E-state index in [1.54, 1.807) is 24.3 Å². The van der Waals surface area contributed by atoms with Crippen LogP contribution in [0.25, 0.3) is 55.2 Å². The first kappa shape index (κ1) is 20.9. The Labute approximate surface area is 300 Å². The van der Waals surface area contributed by atoms with Crippen LogP contribution < -0.4 is 0 Å². The Bertz CT molecular complexity index is 2600. The van der Waals surface area contributed by atoms with Gasteiger partial charge in [-0.2, -0.15) is 0 Å². The van der Waals surface area contributed by atoms with Crippen LogP contribution in [-0.4, -0.2) is 9.97 Å². The minimum Gasteiger partial charge on any atom is -0.500 e. The van der Waals surface area contributed by atoms with Gasteiger partial charge in [-0.3, -0.25) is 0 Å². The van der Waals surface area contributed by atoms with Gasteiger partial charge in [0.2, 0.25) is 0 Å². The molecule has 3 nitrogen and oxygen atoms in total. The van der Waals surface area contributed by atoms with Gasteiger partial charge in [0.25, 0.3) is 0 Å². The van der Waals surface area contributed by atoms with Crippen LogP contribution in [0.2, 0.25) is 0 Å². The maximum absolute atomic E-state index is 8.25. The Morgan fingerprint density at radius 3 is 2.35 bits per heavy atom. The summed E-state index contributed by atoms with van der Waals surface area (Å²) in [5.41, 5.74) is 5.66. The maximum atomic E-state index is 8.25. The van der Waals surface area contributed by atoms with E-state index in [0.717, 1.165) is 51.7 Å². The average Bonchev–Trinajstić information content (AvgIpc) is 3.54. The fraction of sp³-hybridized carbons (Fsp3) is 0.238. The number of hydrogen-bond donors (Lipinski definition) is 0. The molecule has 0 saturated heterocycles. The van der Waals surface area contributed by atoms with Gasteiger partial charge in [-0.05, 0) is 65.4 Å². The number of pyridine rings is 2. The molecular weight excluding hydrogens is 741 g/mol. The Hall–Kier alpha value is -4.11. The van der Waals surface area contributed by atoms with Gasteiger partial charge in [-0.25, -0.2) is 0 Å². The second-order valence-electron chi connectivity index (χ2n) is 12.4. The summed E-state index contributed by atoms with van der Waals surface area (Å²) in [6, 6.07) is 27.8. The summed E-state index contributed by atoms with van der Waals surface area (Å²) in [6.07, 6.45) is 2.95. The number of nitrogens with zero attached hydrogens (tertiary/aromatic N) is 2. The Morgan fingerprint density at radius 2 is 1.61 bits per heavy atom. The van der Waals surface area contributed by atoms with Crippen molar-refractivity contribution in [1.82, 2.24) is 9.97 Å². The molecule has 0 spiro atoms. The number of benzene rings is 4. The van der Waals surface area contributed by atoms with Crippen molar-refractivity contribution in [3.8, 4) is 22.5 Å². The molecule has 0 aliphatic heterocycles. The molecule has 1 radical (unpaired) electrons. The monoisotopic (exact) mass is 790 g/mol. The molecular formula is C42H38IrN2O-2. The number of aryl methyl sites for hydroxylation is 5. The molecule has 8 rings (SSSR count). The summed E-state index contributed by atoms with van der Waals surface area (Å²) in [6.45, 7) is -1.77. The molecule has 0 N–H and O–H groups in total. The van der Waals surface area contributed by atoms with Gasteiger partial charge >= 0.3 is 0 Å². The number of furan rings is 1. The molecule has 0 bridgehead atoms. The molecule has 233 valence electrons. The molecule has 0 unspecified atom stereocenters. The van der Waals surface area contributed by atoms with Crippen molar-refractivity contribution < 1.29 is 39.6 Å². The number of fused-ring (bicyclic) bond motifs is 2. The molecule has 1 aliphatic rings.